The van der Waals surface area contributed by atoms with Gasteiger partial charge in [0.1, 0.15) is 0 Å². The first kappa shape index (κ1) is 11.2. The Labute approximate surface area is 87.8 Å². The van der Waals surface area contributed by atoms with Crippen molar-refractivity contribution in [3.8, 4) is 0 Å². The molecule has 0 radical (unpaired) electrons. The summed E-state index contributed by atoms with van der Waals surface area (Å²) in [5, 5.41) is 11.6. The maximum Gasteiger partial charge on any atom is 0.303 e. The number of aliphatic carboxylic acids is 1. The summed E-state index contributed by atoms with van der Waals surface area (Å²) < 4.78 is 0. The molecule has 0 atom stereocenters. The molecule has 1 aromatic rings. The number of nitrogens with zero attached hydrogens (tertiary/aromatic N) is 1. The topological polar surface area (TPSA) is 50.2 Å². The van der Waals surface area contributed by atoms with Gasteiger partial charge in [0.15, 0.2) is 0 Å². The normalized spacial score (nSPS) is 10.8. The van der Waals surface area contributed by atoms with E-state index in [0.717, 1.165) is 17.1 Å². The van der Waals surface area contributed by atoms with Gasteiger partial charge in [-0.1, -0.05) is 13.8 Å². The van der Waals surface area contributed by atoms with Crippen LogP contribution in [0.1, 0.15) is 43.3 Å². The van der Waals surface area contributed by atoms with Crippen LogP contribution in [0.4, 0.5) is 0 Å². The maximum atomic E-state index is 10.3. The Morgan fingerprint density at radius 1 is 1.64 bits per heavy atom. The Kier molecular flexibility index (Phi) is 4.07. The predicted molar refractivity (Wildman–Crippen MR) is 56.8 cm³/mol. The molecule has 0 bridgehead atoms. The number of hydrogen-bond acceptors (Lipinski definition) is 3. The molecule has 0 aliphatic rings. The van der Waals surface area contributed by atoms with Gasteiger partial charge in [0.2, 0.25) is 0 Å². The number of carboxylic acid groups (broad SMARTS) is 1. The number of carboxylic acids is 1. The third-order valence-electron chi connectivity index (χ3n) is 1.89. The summed E-state index contributed by atoms with van der Waals surface area (Å²) in [5.74, 6) is -0.266. The van der Waals surface area contributed by atoms with E-state index in [-0.39, 0.29) is 6.42 Å². The van der Waals surface area contributed by atoms with Gasteiger partial charge in [0.05, 0.1) is 10.7 Å². The Balaban J connectivity index is 2.40. The van der Waals surface area contributed by atoms with E-state index in [1.54, 1.807) is 11.3 Å². The van der Waals surface area contributed by atoms with Crippen LogP contribution < -0.4 is 0 Å². The van der Waals surface area contributed by atoms with E-state index in [1.165, 1.54) is 0 Å². The fourth-order valence-corrected chi connectivity index (χ4v) is 1.99. The minimum atomic E-state index is -0.732. The third-order valence-corrected chi connectivity index (χ3v) is 3.08. The Hall–Kier alpha value is -0.900. The van der Waals surface area contributed by atoms with Crippen molar-refractivity contribution in [1.29, 1.82) is 0 Å². The lowest BCUT2D eigenvalue weighted by Crippen LogP contribution is -1.96. The first-order valence-corrected chi connectivity index (χ1v) is 5.63. The molecule has 3 nitrogen and oxygen atoms in total. The van der Waals surface area contributed by atoms with Crippen LogP contribution in [0.3, 0.4) is 0 Å². The van der Waals surface area contributed by atoms with Crippen LogP contribution >= 0.6 is 11.3 Å². The van der Waals surface area contributed by atoms with Gasteiger partial charge in [-0.15, -0.1) is 11.3 Å². The first-order valence-electron chi connectivity index (χ1n) is 4.75. The summed E-state index contributed by atoms with van der Waals surface area (Å²) in [5.41, 5.74) is 1.03. The highest BCUT2D eigenvalue weighted by atomic mass is 32.1. The van der Waals surface area contributed by atoms with Crippen molar-refractivity contribution in [3.63, 3.8) is 0 Å². The molecule has 0 fully saturated rings. The monoisotopic (exact) mass is 213 g/mol. The van der Waals surface area contributed by atoms with E-state index in [9.17, 15) is 4.79 Å². The van der Waals surface area contributed by atoms with Gasteiger partial charge < -0.3 is 5.11 Å². The molecule has 1 aromatic heterocycles. The number of thiazole rings is 1. The van der Waals surface area contributed by atoms with E-state index < -0.39 is 5.97 Å². The van der Waals surface area contributed by atoms with Gasteiger partial charge in [0, 0.05) is 17.7 Å². The molecule has 0 saturated carbocycles. The third kappa shape index (κ3) is 3.46. The van der Waals surface area contributed by atoms with Crippen LogP contribution in [0.25, 0.3) is 0 Å². The molecule has 4 heteroatoms. The van der Waals surface area contributed by atoms with Crippen LogP contribution in [-0.4, -0.2) is 16.1 Å². The average molecular weight is 213 g/mol. The first-order chi connectivity index (χ1) is 6.59. The zero-order valence-corrected chi connectivity index (χ0v) is 9.30. The molecule has 0 aromatic carbocycles. The van der Waals surface area contributed by atoms with Crippen molar-refractivity contribution < 1.29 is 9.90 Å². The van der Waals surface area contributed by atoms with E-state index >= 15 is 0 Å². The molecule has 0 aliphatic heterocycles. The number of carbonyl (C=O) groups is 1. The quantitative estimate of drug-likeness (QED) is 0.818. The average Bonchev–Trinajstić information content (AvgIpc) is 2.52. The van der Waals surface area contributed by atoms with Crippen LogP contribution in [0.15, 0.2) is 5.38 Å². The van der Waals surface area contributed by atoms with E-state index in [4.69, 9.17) is 5.11 Å². The smallest absolute Gasteiger partial charge is 0.303 e. The van der Waals surface area contributed by atoms with Gasteiger partial charge >= 0.3 is 5.97 Å². The van der Waals surface area contributed by atoms with Crippen molar-refractivity contribution in [1.82, 2.24) is 4.98 Å². The minimum Gasteiger partial charge on any atom is -0.481 e. The van der Waals surface area contributed by atoms with Crippen LogP contribution in [0.5, 0.6) is 0 Å². The molecule has 0 aliphatic carbocycles. The van der Waals surface area contributed by atoms with Gasteiger partial charge in [-0.05, 0) is 12.8 Å². The summed E-state index contributed by atoms with van der Waals surface area (Å²) in [6.07, 6.45) is 1.68. The predicted octanol–water partition coefficient (Wildman–Crippen LogP) is 2.67. The van der Waals surface area contributed by atoms with Crippen molar-refractivity contribution in [2.75, 3.05) is 0 Å². The van der Waals surface area contributed by atoms with Gasteiger partial charge in [-0.25, -0.2) is 4.98 Å². The van der Waals surface area contributed by atoms with Gasteiger partial charge in [-0.3, -0.25) is 4.79 Å². The largest absolute Gasteiger partial charge is 0.481 e. The van der Waals surface area contributed by atoms with Crippen molar-refractivity contribution in [3.05, 3.63) is 16.1 Å². The van der Waals surface area contributed by atoms with E-state index in [0.29, 0.717) is 12.3 Å². The summed E-state index contributed by atoms with van der Waals surface area (Å²) in [4.78, 5) is 14.7. The Bertz CT molecular complexity index is 307. The van der Waals surface area contributed by atoms with Crippen LogP contribution in [-0.2, 0) is 11.2 Å². The molecule has 0 saturated heterocycles. The van der Waals surface area contributed by atoms with Crippen LogP contribution in [0, 0.1) is 0 Å². The van der Waals surface area contributed by atoms with Gasteiger partial charge in [0.25, 0.3) is 0 Å². The molecular weight excluding hydrogens is 198 g/mol. The molecule has 78 valence electrons. The van der Waals surface area contributed by atoms with Crippen molar-refractivity contribution in [2.24, 2.45) is 0 Å². The number of rotatable bonds is 5. The second-order valence-corrected chi connectivity index (χ2v) is 4.47. The zero-order chi connectivity index (χ0) is 10.6. The van der Waals surface area contributed by atoms with Crippen molar-refractivity contribution >= 4 is 17.3 Å². The molecule has 1 N–H and O–H groups in total. The lowest BCUT2D eigenvalue weighted by atomic mass is 10.2. The molecule has 14 heavy (non-hydrogen) atoms. The van der Waals surface area contributed by atoms with Crippen LogP contribution in [0.2, 0.25) is 0 Å². The molecule has 1 heterocycles. The fourth-order valence-electron chi connectivity index (χ4n) is 1.12. The summed E-state index contributed by atoms with van der Waals surface area (Å²) >= 11 is 1.66. The SMILES string of the molecule is CC(C)c1nc(CCCC(=O)O)cs1. The number of aromatic nitrogens is 1. The molecule has 0 amide bonds. The highest BCUT2D eigenvalue weighted by Crippen LogP contribution is 2.19. The Morgan fingerprint density at radius 2 is 2.36 bits per heavy atom. The minimum absolute atomic E-state index is 0.231. The maximum absolute atomic E-state index is 10.3. The van der Waals surface area contributed by atoms with E-state index in [2.05, 4.69) is 18.8 Å². The number of hydrogen-bond donors (Lipinski definition) is 1. The molecular formula is C10H15NO2S. The lowest BCUT2D eigenvalue weighted by Gasteiger charge is -1.97. The van der Waals surface area contributed by atoms with E-state index in [1.807, 2.05) is 5.38 Å². The second kappa shape index (κ2) is 5.10. The summed E-state index contributed by atoms with van der Waals surface area (Å²) in [6.45, 7) is 4.22. The molecule has 0 unspecified atom stereocenters. The van der Waals surface area contributed by atoms with Crippen molar-refractivity contribution in [2.45, 2.75) is 39.0 Å². The standard InChI is InChI=1S/C10H15NO2S/c1-7(2)10-11-8(6-14-10)4-3-5-9(12)13/h6-7H,3-5H2,1-2H3,(H,12,13). The molecule has 1 rings (SSSR count). The Morgan fingerprint density at radius 3 is 2.86 bits per heavy atom. The fraction of sp³-hybridized carbons (Fsp3) is 0.600. The second-order valence-electron chi connectivity index (χ2n) is 3.58. The summed E-state index contributed by atoms with van der Waals surface area (Å²) in [6, 6.07) is 0. The molecule has 0 spiro atoms. The lowest BCUT2D eigenvalue weighted by molar-refractivity contribution is -0.137. The van der Waals surface area contributed by atoms with Gasteiger partial charge in [-0.2, -0.15) is 0 Å². The number of aryl methyl sites for hydroxylation is 1. The highest BCUT2D eigenvalue weighted by molar-refractivity contribution is 7.09. The zero-order valence-electron chi connectivity index (χ0n) is 8.49. The highest BCUT2D eigenvalue weighted by Gasteiger charge is 2.06. The summed E-state index contributed by atoms with van der Waals surface area (Å²) in [7, 11) is 0.